The molecule has 29 heavy (non-hydrogen) atoms. The van der Waals surface area contributed by atoms with E-state index in [2.05, 4.69) is 66.0 Å². The van der Waals surface area contributed by atoms with Crippen molar-refractivity contribution in [2.45, 2.75) is 97.9 Å². The maximum absolute atomic E-state index is 12.5. The van der Waals surface area contributed by atoms with Crippen LogP contribution in [0, 0.1) is 11.5 Å². The fraction of sp³-hybridized carbons (Fsp3) is 0.640. The fourth-order valence-corrected chi connectivity index (χ4v) is 9.42. The molecule has 162 valence electrons. The average molecular weight is 416 g/mol. The number of hydrogen-bond donors (Lipinski definition) is 0. The lowest BCUT2D eigenvalue weighted by molar-refractivity contribution is 0.0589. The second-order valence-electron chi connectivity index (χ2n) is 9.93. The molecule has 4 heteroatoms. The molecule has 0 aliphatic heterocycles. The summed E-state index contributed by atoms with van der Waals surface area (Å²) in [6, 6.07) is 6.21. The van der Waals surface area contributed by atoms with Gasteiger partial charge >= 0.3 is 6.09 Å². The van der Waals surface area contributed by atoms with Crippen LogP contribution in [0.25, 0.3) is 0 Å². The van der Waals surface area contributed by atoms with Crippen molar-refractivity contribution in [2.24, 2.45) is 0 Å². The summed E-state index contributed by atoms with van der Waals surface area (Å²) in [6.07, 6.45) is 0.547. The molecule has 0 aromatic heterocycles. The summed E-state index contributed by atoms with van der Waals surface area (Å²) in [5.41, 5.74) is 8.02. The second kappa shape index (κ2) is 9.85. The minimum atomic E-state index is -1.80. The minimum absolute atomic E-state index is 0.347. The van der Waals surface area contributed by atoms with Crippen molar-refractivity contribution in [1.82, 2.24) is 0 Å². The fourth-order valence-electron chi connectivity index (χ4n) is 4.19. The number of carbonyl (C=O) groups is 1. The Hall–Kier alpha value is -1.73. The Kier molecular flexibility index (Phi) is 8.59. The van der Waals surface area contributed by atoms with Crippen molar-refractivity contribution in [1.29, 1.82) is 0 Å². The quantitative estimate of drug-likeness (QED) is 0.376. The third-order valence-corrected chi connectivity index (χ3v) is 12.0. The molecule has 0 spiro atoms. The van der Waals surface area contributed by atoms with Crippen molar-refractivity contribution in [2.75, 3.05) is 11.9 Å². The van der Waals surface area contributed by atoms with Crippen LogP contribution >= 0.6 is 0 Å². The third kappa shape index (κ3) is 6.37. The van der Waals surface area contributed by atoms with Crippen LogP contribution in [0.2, 0.25) is 16.6 Å². The van der Waals surface area contributed by atoms with Crippen LogP contribution in [-0.2, 0) is 11.2 Å². The van der Waals surface area contributed by atoms with E-state index in [0.717, 1.165) is 17.7 Å². The highest BCUT2D eigenvalue weighted by Gasteiger charge is 2.41. The number of ether oxygens (including phenoxy) is 1. The van der Waals surface area contributed by atoms with E-state index in [0.29, 0.717) is 16.6 Å². The van der Waals surface area contributed by atoms with E-state index in [1.807, 2.05) is 32.9 Å². The van der Waals surface area contributed by atoms with Crippen LogP contribution < -0.4 is 4.90 Å². The van der Waals surface area contributed by atoms with Crippen LogP contribution in [-0.4, -0.2) is 26.8 Å². The van der Waals surface area contributed by atoms with Gasteiger partial charge in [0.25, 0.3) is 0 Å². The SMILES string of the molecule is CCc1cc(C#C[Si](C(C)C)(C(C)C)C(C)C)cc(N(C)C(=O)OC(C)(C)C)c1. The monoisotopic (exact) mass is 415 g/mol. The molecule has 0 aliphatic rings. The Morgan fingerprint density at radius 3 is 1.97 bits per heavy atom. The van der Waals surface area contributed by atoms with Crippen molar-refractivity contribution in [3.63, 3.8) is 0 Å². The van der Waals surface area contributed by atoms with Gasteiger partial charge in [-0.1, -0.05) is 54.4 Å². The summed E-state index contributed by atoms with van der Waals surface area (Å²) in [4.78, 5) is 14.1. The highest BCUT2D eigenvalue weighted by Crippen LogP contribution is 2.40. The molecule has 1 rings (SSSR count). The zero-order chi connectivity index (χ0) is 22.6. The lowest BCUT2D eigenvalue weighted by atomic mass is 10.1. The number of aryl methyl sites for hydroxylation is 1. The Morgan fingerprint density at radius 2 is 1.55 bits per heavy atom. The largest absolute Gasteiger partial charge is 0.443 e. The van der Waals surface area contributed by atoms with Gasteiger partial charge in [0.05, 0.1) is 0 Å². The van der Waals surface area contributed by atoms with Crippen molar-refractivity contribution in [3.05, 3.63) is 29.3 Å². The molecule has 0 saturated heterocycles. The van der Waals surface area contributed by atoms with Gasteiger partial charge in [-0.3, -0.25) is 4.90 Å². The van der Waals surface area contributed by atoms with E-state index in [1.165, 1.54) is 5.56 Å². The summed E-state index contributed by atoms with van der Waals surface area (Å²) in [6.45, 7) is 21.7. The molecule has 3 nitrogen and oxygen atoms in total. The maximum Gasteiger partial charge on any atom is 0.414 e. The Bertz CT molecular complexity index is 741. The first-order valence-corrected chi connectivity index (χ1v) is 13.1. The number of hydrogen-bond acceptors (Lipinski definition) is 2. The number of anilines is 1. The highest BCUT2D eigenvalue weighted by molar-refractivity contribution is 6.90. The van der Waals surface area contributed by atoms with E-state index < -0.39 is 13.7 Å². The first kappa shape index (κ1) is 25.3. The topological polar surface area (TPSA) is 29.5 Å². The molecule has 0 atom stereocenters. The maximum atomic E-state index is 12.5. The molecule has 0 bridgehead atoms. The van der Waals surface area contributed by atoms with Gasteiger partial charge in [0.15, 0.2) is 0 Å². The van der Waals surface area contributed by atoms with Gasteiger partial charge < -0.3 is 4.74 Å². The van der Waals surface area contributed by atoms with Crippen molar-refractivity contribution >= 4 is 19.9 Å². The molecule has 0 aliphatic carbocycles. The number of benzene rings is 1. The summed E-state index contributed by atoms with van der Waals surface area (Å²) >= 11 is 0. The van der Waals surface area contributed by atoms with Crippen LogP contribution in [0.1, 0.15) is 80.4 Å². The second-order valence-corrected chi connectivity index (χ2v) is 15.5. The number of amides is 1. The molecular formula is C25H41NO2Si. The summed E-state index contributed by atoms with van der Waals surface area (Å²) < 4.78 is 5.53. The van der Waals surface area contributed by atoms with Gasteiger partial charge in [0.1, 0.15) is 13.7 Å². The molecule has 0 heterocycles. The lowest BCUT2D eigenvalue weighted by Crippen LogP contribution is -2.43. The standard InChI is InChI=1S/C25H41NO2Si/c1-12-21-15-22(13-14-29(18(2)3,19(4)5)20(6)7)17-23(16-21)26(11)24(27)28-25(8,9)10/h15-20H,12H2,1-11H3. The van der Waals surface area contributed by atoms with Gasteiger partial charge in [-0.15, -0.1) is 5.54 Å². The normalized spacial score (nSPS) is 12.2. The van der Waals surface area contributed by atoms with Gasteiger partial charge in [-0.2, -0.15) is 0 Å². The molecule has 0 saturated carbocycles. The van der Waals surface area contributed by atoms with Crippen molar-refractivity contribution in [3.8, 4) is 11.5 Å². The Labute approximate surface area is 180 Å². The predicted octanol–water partition coefficient (Wildman–Crippen LogP) is 7.19. The highest BCUT2D eigenvalue weighted by atomic mass is 28.3. The van der Waals surface area contributed by atoms with Gasteiger partial charge in [0.2, 0.25) is 0 Å². The molecule has 0 unspecified atom stereocenters. The van der Waals surface area contributed by atoms with E-state index in [4.69, 9.17) is 4.74 Å². The van der Waals surface area contributed by atoms with Crippen LogP contribution in [0.15, 0.2) is 18.2 Å². The summed E-state index contributed by atoms with van der Waals surface area (Å²) in [5.74, 6) is 3.52. The van der Waals surface area contributed by atoms with Gasteiger partial charge in [-0.05, 0) is 67.6 Å². The molecule has 0 fully saturated rings. The van der Waals surface area contributed by atoms with Crippen molar-refractivity contribution < 1.29 is 9.53 Å². The zero-order valence-electron chi connectivity index (χ0n) is 20.4. The van der Waals surface area contributed by atoms with E-state index in [1.54, 1.807) is 11.9 Å². The minimum Gasteiger partial charge on any atom is -0.443 e. The number of nitrogens with zero attached hydrogens (tertiary/aromatic N) is 1. The third-order valence-electron chi connectivity index (χ3n) is 5.73. The first-order chi connectivity index (χ1) is 13.2. The molecular weight excluding hydrogens is 374 g/mol. The molecule has 1 amide bonds. The lowest BCUT2D eigenvalue weighted by Gasteiger charge is -2.38. The average Bonchev–Trinajstić information content (AvgIpc) is 2.58. The first-order valence-electron chi connectivity index (χ1n) is 10.9. The van der Waals surface area contributed by atoms with Crippen LogP contribution in [0.4, 0.5) is 10.5 Å². The van der Waals surface area contributed by atoms with E-state index in [9.17, 15) is 4.79 Å². The van der Waals surface area contributed by atoms with Gasteiger partial charge in [0, 0.05) is 18.3 Å². The summed E-state index contributed by atoms with van der Waals surface area (Å²) in [7, 11) is -0.0431. The number of carbonyl (C=O) groups excluding carboxylic acids is 1. The predicted molar refractivity (Wildman–Crippen MR) is 128 cm³/mol. The Morgan fingerprint density at radius 1 is 1.03 bits per heavy atom. The number of rotatable bonds is 5. The van der Waals surface area contributed by atoms with E-state index >= 15 is 0 Å². The van der Waals surface area contributed by atoms with Gasteiger partial charge in [-0.25, -0.2) is 4.79 Å². The molecule has 0 radical (unpaired) electrons. The van der Waals surface area contributed by atoms with E-state index in [-0.39, 0.29) is 6.09 Å². The summed E-state index contributed by atoms with van der Waals surface area (Å²) in [5, 5.41) is 0. The Balaban J connectivity index is 3.41. The smallest absolute Gasteiger partial charge is 0.414 e. The molecule has 0 N–H and O–H groups in total. The molecule has 1 aromatic rings. The molecule has 1 aromatic carbocycles. The van der Waals surface area contributed by atoms with Crippen LogP contribution in [0.3, 0.4) is 0 Å². The van der Waals surface area contributed by atoms with Crippen LogP contribution in [0.5, 0.6) is 0 Å². The zero-order valence-corrected chi connectivity index (χ0v) is 21.4.